The van der Waals surface area contributed by atoms with E-state index in [0.717, 1.165) is 5.75 Å². The van der Waals surface area contributed by atoms with Crippen LogP contribution in [-0.2, 0) is 6.54 Å². The SMILES string of the molecule is O=C(Nc1cccc(-n2cnnn2)c1)c1cnc2n(c1=O)CCS2. The van der Waals surface area contributed by atoms with Gasteiger partial charge in [0, 0.05) is 24.2 Å². The number of rotatable bonds is 3. The maximum absolute atomic E-state index is 12.4. The largest absolute Gasteiger partial charge is 0.322 e. The lowest BCUT2D eigenvalue weighted by atomic mass is 10.2. The standard InChI is InChI=1S/C14H11N7O2S/c22-12(11-7-15-14-20(13(11)23)4-5-24-14)17-9-2-1-3-10(6-9)21-8-16-18-19-21/h1-3,6-8H,4-5H2,(H,17,22). The monoisotopic (exact) mass is 341 g/mol. The molecule has 0 aliphatic carbocycles. The molecule has 4 rings (SSSR count). The van der Waals surface area contributed by atoms with Crippen LogP contribution in [0.2, 0.25) is 0 Å². The number of aromatic nitrogens is 6. The topological polar surface area (TPSA) is 108 Å². The molecule has 1 amide bonds. The van der Waals surface area contributed by atoms with Crippen molar-refractivity contribution in [3.05, 3.63) is 52.7 Å². The van der Waals surface area contributed by atoms with Gasteiger partial charge >= 0.3 is 0 Å². The van der Waals surface area contributed by atoms with E-state index in [2.05, 4.69) is 25.8 Å². The van der Waals surface area contributed by atoms with E-state index in [-0.39, 0.29) is 11.1 Å². The summed E-state index contributed by atoms with van der Waals surface area (Å²) in [4.78, 5) is 29.0. The van der Waals surface area contributed by atoms with E-state index < -0.39 is 5.91 Å². The summed E-state index contributed by atoms with van der Waals surface area (Å²) in [5.41, 5.74) is 0.929. The van der Waals surface area contributed by atoms with E-state index in [4.69, 9.17) is 0 Å². The van der Waals surface area contributed by atoms with E-state index in [0.29, 0.717) is 23.1 Å². The van der Waals surface area contributed by atoms with Gasteiger partial charge in [-0.2, -0.15) is 0 Å². The zero-order valence-electron chi connectivity index (χ0n) is 12.3. The second-order valence-corrected chi connectivity index (χ2v) is 6.08. The maximum Gasteiger partial charge on any atom is 0.267 e. The first kappa shape index (κ1) is 14.6. The Morgan fingerprint density at radius 2 is 2.25 bits per heavy atom. The molecule has 0 spiro atoms. The molecule has 0 saturated heterocycles. The van der Waals surface area contributed by atoms with Crippen LogP contribution in [0.1, 0.15) is 10.4 Å². The van der Waals surface area contributed by atoms with Crippen LogP contribution < -0.4 is 10.9 Å². The fourth-order valence-corrected chi connectivity index (χ4v) is 3.29. The third-order valence-corrected chi connectivity index (χ3v) is 4.49. The lowest BCUT2D eigenvalue weighted by Crippen LogP contribution is -2.29. The van der Waals surface area contributed by atoms with Crippen molar-refractivity contribution in [2.75, 3.05) is 11.1 Å². The minimum Gasteiger partial charge on any atom is -0.322 e. The Morgan fingerprint density at radius 3 is 3.08 bits per heavy atom. The van der Waals surface area contributed by atoms with Crippen molar-refractivity contribution in [2.24, 2.45) is 0 Å². The molecule has 1 aliphatic heterocycles. The van der Waals surface area contributed by atoms with Gasteiger partial charge in [-0.15, -0.1) is 5.10 Å². The number of fused-ring (bicyclic) bond motifs is 1. The third kappa shape index (κ3) is 2.56. The molecule has 9 nitrogen and oxygen atoms in total. The predicted octanol–water partition coefficient (Wildman–Crippen LogP) is 0.577. The summed E-state index contributed by atoms with van der Waals surface area (Å²) >= 11 is 1.51. The first-order chi connectivity index (χ1) is 11.7. The summed E-state index contributed by atoms with van der Waals surface area (Å²) < 4.78 is 3.00. The Morgan fingerprint density at radius 1 is 1.33 bits per heavy atom. The summed E-state index contributed by atoms with van der Waals surface area (Å²) in [6.07, 6.45) is 2.78. The van der Waals surface area contributed by atoms with E-state index >= 15 is 0 Å². The highest BCUT2D eigenvalue weighted by molar-refractivity contribution is 7.99. The molecule has 10 heteroatoms. The molecule has 0 bridgehead atoms. The van der Waals surface area contributed by atoms with Crippen LogP contribution >= 0.6 is 11.8 Å². The van der Waals surface area contributed by atoms with E-state index in [1.807, 2.05) is 0 Å². The fraction of sp³-hybridized carbons (Fsp3) is 0.143. The van der Waals surface area contributed by atoms with Crippen molar-refractivity contribution >= 4 is 23.4 Å². The van der Waals surface area contributed by atoms with Crippen LogP contribution in [0.5, 0.6) is 0 Å². The van der Waals surface area contributed by atoms with Crippen LogP contribution in [0.25, 0.3) is 5.69 Å². The average molecular weight is 341 g/mol. The van der Waals surface area contributed by atoms with Crippen molar-refractivity contribution in [3.63, 3.8) is 0 Å². The first-order valence-corrected chi connectivity index (χ1v) is 8.08. The highest BCUT2D eigenvalue weighted by Crippen LogP contribution is 2.21. The number of hydrogen-bond donors (Lipinski definition) is 1. The van der Waals surface area contributed by atoms with Crippen LogP contribution in [-0.4, -0.2) is 41.4 Å². The molecule has 0 unspecified atom stereocenters. The Hall–Kier alpha value is -3.01. The number of nitrogens with one attached hydrogen (secondary N) is 1. The maximum atomic E-state index is 12.4. The van der Waals surface area contributed by atoms with Crippen LogP contribution in [0.15, 0.2) is 46.7 Å². The molecular weight excluding hydrogens is 330 g/mol. The smallest absolute Gasteiger partial charge is 0.267 e. The number of hydrogen-bond acceptors (Lipinski definition) is 7. The third-order valence-electron chi connectivity index (χ3n) is 3.52. The van der Waals surface area contributed by atoms with Crippen molar-refractivity contribution in [1.82, 2.24) is 29.8 Å². The molecule has 0 atom stereocenters. The van der Waals surface area contributed by atoms with Gasteiger partial charge in [0.05, 0.1) is 5.69 Å². The molecule has 0 saturated carbocycles. The zero-order chi connectivity index (χ0) is 16.5. The predicted molar refractivity (Wildman–Crippen MR) is 86.3 cm³/mol. The van der Waals surface area contributed by atoms with Crippen molar-refractivity contribution in [3.8, 4) is 5.69 Å². The van der Waals surface area contributed by atoms with Gasteiger partial charge in [0.2, 0.25) is 0 Å². The Kier molecular flexibility index (Phi) is 3.58. The molecular formula is C14H11N7O2S. The van der Waals surface area contributed by atoms with Gasteiger partial charge in [-0.1, -0.05) is 17.8 Å². The Labute approximate surface area is 139 Å². The summed E-state index contributed by atoms with van der Waals surface area (Å²) in [5, 5.41) is 14.3. The zero-order valence-corrected chi connectivity index (χ0v) is 13.1. The number of carbonyl (C=O) groups is 1. The average Bonchev–Trinajstić information content (AvgIpc) is 3.27. The van der Waals surface area contributed by atoms with Crippen molar-refractivity contribution in [2.45, 2.75) is 11.7 Å². The van der Waals surface area contributed by atoms with E-state index in [1.54, 1.807) is 24.3 Å². The molecule has 1 aliphatic rings. The van der Waals surface area contributed by atoms with Crippen LogP contribution in [0, 0.1) is 0 Å². The summed E-state index contributed by atoms with van der Waals surface area (Å²) in [7, 11) is 0. The number of carbonyl (C=O) groups excluding carboxylic acids is 1. The van der Waals surface area contributed by atoms with Crippen molar-refractivity contribution in [1.29, 1.82) is 0 Å². The van der Waals surface area contributed by atoms with Gasteiger partial charge in [0.15, 0.2) is 5.16 Å². The Balaban J connectivity index is 1.61. The number of benzene rings is 1. The van der Waals surface area contributed by atoms with Gasteiger partial charge in [-0.25, -0.2) is 9.67 Å². The lowest BCUT2D eigenvalue weighted by molar-refractivity contribution is 0.102. The molecule has 3 heterocycles. The molecule has 24 heavy (non-hydrogen) atoms. The summed E-state index contributed by atoms with van der Waals surface area (Å²) in [6, 6.07) is 6.99. The van der Waals surface area contributed by atoms with Gasteiger partial charge in [0.1, 0.15) is 11.9 Å². The second kappa shape index (κ2) is 5.89. The molecule has 3 aromatic rings. The molecule has 1 N–H and O–H groups in total. The van der Waals surface area contributed by atoms with Crippen molar-refractivity contribution < 1.29 is 4.79 Å². The molecule has 0 radical (unpaired) electrons. The lowest BCUT2D eigenvalue weighted by Gasteiger charge is -2.08. The first-order valence-electron chi connectivity index (χ1n) is 7.10. The molecule has 2 aromatic heterocycles. The number of nitrogens with zero attached hydrogens (tertiary/aromatic N) is 6. The van der Waals surface area contributed by atoms with Gasteiger partial charge in [-0.3, -0.25) is 14.2 Å². The number of anilines is 1. The molecule has 1 aromatic carbocycles. The number of thioether (sulfide) groups is 1. The Bertz CT molecular complexity index is 968. The highest BCUT2D eigenvalue weighted by atomic mass is 32.2. The molecule has 0 fully saturated rings. The minimum atomic E-state index is -0.492. The van der Waals surface area contributed by atoms with Gasteiger partial charge in [0.25, 0.3) is 11.5 Å². The quantitative estimate of drug-likeness (QED) is 0.694. The fourth-order valence-electron chi connectivity index (χ4n) is 2.38. The molecule has 120 valence electrons. The highest BCUT2D eigenvalue weighted by Gasteiger charge is 2.20. The number of tetrazole rings is 1. The van der Waals surface area contributed by atoms with Crippen LogP contribution in [0.3, 0.4) is 0 Å². The minimum absolute atomic E-state index is 0.0223. The summed E-state index contributed by atoms with van der Waals surface area (Å²) in [6.45, 7) is 0.571. The summed E-state index contributed by atoms with van der Waals surface area (Å²) in [5.74, 6) is 0.301. The van der Waals surface area contributed by atoms with E-state index in [1.165, 1.54) is 33.5 Å². The number of amides is 1. The normalized spacial score (nSPS) is 12.8. The van der Waals surface area contributed by atoms with E-state index in [9.17, 15) is 9.59 Å². The van der Waals surface area contributed by atoms with Gasteiger partial charge < -0.3 is 5.32 Å². The second-order valence-electron chi connectivity index (χ2n) is 5.02. The van der Waals surface area contributed by atoms with Gasteiger partial charge in [-0.05, 0) is 28.6 Å². The van der Waals surface area contributed by atoms with Crippen LogP contribution in [0.4, 0.5) is 5.69 Å².